The standard InChI is InChI=1S/C17H16N2OS/c1-12-18-15-11-14(8-9-16(15)21-12)19-17(20)10-7-13-5-3-2-4-6-13/h2-6,8-9,11H,7,10H2,1H3,(H,19,20). The minimum absolute atomic E-state index is 0.0326. The molecule has 3 rings (SSSR count). The molecule has 0 bridgehead atoms. The summed E-state index contributed by atoms with van der Waals surface area (Å²) in [6, 6.07) is 15.9. The maximum absolute atomic E-state index is 12.0. The molecule has 0 unspecified atom stereocenters. The minimum atomic E-state index is 0.0326. The lowest BCUT2D eigenvalue weighted by molar-refractivity contribution is -0.116. The Morgan fingerprint density at radius 1 is 1.19 bits per heavy atom. The Kier molecular flexibility index (Phi) is 3.97. The second-order valence-electron chi connectivity index (χ2n) is 4.95. The lowest BCUT2D eigenvalue weighted by Gasteiger charge is -2.05. The third-order valence-corrected chi connectivity index (χ3v) is 4.21. The highest BCUT2D eigenvalue weighted by molar-refractivity contribution is 7.18. The van der Waals surface area contributed by atoms with Gasteiger partial charge in [-0.15, -0.1) is 11.3 Å². The van der Waals surface area contributed by atoms with Crippen molar-refractivity contribution in [3.63, 3.8) is 0 Å². The Bertz CT molecular complexity index is 765. The molecule has 1 amide bonds. The van der Waals surface area contributed by atoms with Gasteiger partial charge in [0.1, 0.15) is 0 Å². The Labute approximate surface area is 127 Å². The summed E-state index contributed by atoms with van der Waals surface area (Å²) < 4.78 is 1.15. The first-order valence-electron chi connectivity index (χ1n) is 6.92. The van der Waals surface area contributed by atoms with E-state index in [4.69, 9.17) is 0 Å². The zero-order valence-corrected chi connectivity index (χ0v) is 12.6. The van der Waals surface area contributed by atoms with E-state index in [1.807, 2.05) is 55.5 Å². The fraction of sp³-hybridized carbons (Fsp3) is 0.176. The zero-order valence-electron chi connectivity index (χ0n) is 11.8. The molecule has 4 heteroatoms. The number of benzene rings is 2. The van der Waals surface area contributed by atoms with E-state index in [0.29, 0.717) is 6.42 Å². The van der Waals surface area contributed by atoms with E-state index in [2.05, 4.69) is 10.3 Å². The van der Waals surface area contributed by atoms with Gasteiger partial charge >= 0.3 is 0 Å². The monoisotopic (exact) mass is 296 g/mol. The number of thiazole rings is 1. The van der Waals surface area contributed by atoms with Crippen LogP contribution in [0.1, 0.15) is 17.0 Å². The quantitative estimate of drug-likeness (QED) is 0.785. The molecular formula is C17H16N2OS. The molecule has 1 N–H and O–H groups in total. The molecule has 0 fully saturated rings. The van der Waals surface area contributed by atoms with Crippen LogP contribution >= 0.6 is 11.3 Å². The van der Waals surface area contributed by atoms with E-state index in [-0.39, 0.29) is 5.91 Å². The predicted octanol–water partition coefficient (Wildman–Crippen LogP) is 4.18. The summed E-state index contributed by atoms with van der Waals surface area (Å²) in [5.41, 5.74) is 2.93. The van der Waals surface area contributed by atoms with E-state index in [1.165, 1.54) is 5.56 Å². The first kappa shape index (κ1) is 13.8. The minimum Gasteiger partial charge on any atom is -0.326 e. The van der Waals surface area contributed by atoms with Gasteiger partial charge in [0.2, 0.25) is 5.91 Å². The van der Waals surface area contributed by atoms with Crippen molar-refractivity contribution in [2.24, 2.45) is 0 Å². The average molecular weight is 296 g/mol. The largest absolute Gasteiger partial charge is 0.326 e. The number of fused-ring (bicyclic) bond motifs is 1. The number of aromatic nitrogens is 1. The molecule has 2 aromatic carbocycles. The van der Waals surface area contributed by atoms with Crippen LogP contribution in [0.25, 0.3) is 10.2 Å². The molecule has 0 aliphatic heterocycles. The van der Waals surface area contributed by atoms with Gasteiger partial charge in [0.25, 0.3) is 0 Å². The van der Waals surface area contributed by atoms with Gasteiger partial charge < -0.3 is 5.32 Å². The molecule has 0 aliphatic rings. The third-order valence-electron chi connectivity index (χ3n) is 3.26. The number of carbonyl (C=O) groups excluding carboxylic acids is 1. The van der Waals surface area contributed by atoms with Crippen LogP contribution in [0, 0.1) is 6.92 Å². The van der Waals surface area contributed by atoms with Gasteiger partial charge in [0.05, 0.1) is 15.2 Å². The summed E-state index contributed by atoms with van der Waals surface area (Å²) in [6.07, 6.45) is 1.24. The predicted molar refractivity (Wildman–Crippen MR) is 87.7 cm³/mol. The SMILES string of the molecule is Cc1nc2cc(NC(=O)CCc3ccccc3)ccc2s1. The van der Waals surface area contributed by atoms with E-state index < -0.39 is 0 Å². The van der Waals surface area contributed by atoms with Crippen molar-refractivity contribution in [1.82, 2.24) is 4.98 Å². The number of nitrogens with one attached hydrogen (secondary N) is 1. The van der Waals surface area contributed by atoms with E-state index in [0.717, 1.165) is 27.3 Å². The summed E-state index contributed by atoms with van der Waals surface area (Å²) in [4.78, 5) is 16.4. The number of anilines is 1. The second-order valence-corrected chi connectivity index (χ2v) is 6.18. The average Bonchev–Trinajstić information content (AvgIpc) is 2.85. The van der Waals surface area contributed by atoms with Crippen molar-refractivity contribution < 1.29 is 4.79 Å². The number of nitrogens with zero attached hydrogens (tertiary/aromatic N) is 1. The summed E-state index contributed by atoms with van der Waals surface area (Å²) in [5, 5.41) is 3.98. The number of rotatable bonds is 4. The Hall–Kier alpha value is -2.20. The third kappa shape index (κ3) is 3.47. The molecule has 0 atom stereocenters. The van der Waals surface area contributed by atoms with Gasteiger partial charge in [-0.25, -0.2) is 4.98 Å². The summed E-state index contributed by atoms with van der Waals surface area (Å²) in [7, 11) is 0. The van der Waals surface area contributed by atoms with Gasteiger partial charge in [-0.3, -0.25) is 4.79 Å². The lowest BCUT2D eigenvalue weighted by Crippen LogP contribution is -2.12. The first-order chi connectivity index (χ1) is 10.2. The van der Waals surface area contributed by atoms with Crippen molar-refractivity contribution in [2.75, 3.05) is 5.32 Å². The van der Waals surface area contributed by atoms with E-state index in [9.17, 15) is 4.79 Å². The zero-order chi connectivity index (χ0) is 14.7. The molecule has 3 aromatic rings. The Morgan fingerprint density at radius 2 is 2.00 bits per heavy atom. The highest BCUT2D eigenvalue weighted by Crippen LogP contribution is 2.24. The van der Waals surface area contributed by atoms with Crippen molar-refractivity contribution in [1.29, 1.82) is 0 Å². The van der Waals surface area contributed by atoms with Gasteiger partial charge in [-0.2, -0.15) is 0 Å². The Morgan fingerprint density at radius 3 is 2.81 bits per heavy atom. The van der Waals surface area contributed by atoms with Crippen molar-refractivity contribution >= 4 is 33.1 Å². The summed E-state index contributed by atoms with van der Waals surface area (Å²) in [5.74, 6) is 0.0326. The molecule has 21 heavy (non-hydrogen) atoms. The molecule has 3 nitrogen and oxygen atoms in total. The molecule has 0 spiro atoms. The van der Waals surface area contributed by atoms with E-state index in [1.54, 1.807) is 11.3 Å². The summed E-state index contributed by atoms with van der Waals surface area (Å²) >= 11 is 1.66. The lowest BCUT2D eigenvalue weighted by atomic mass is 10.1. The van der Waals surface area contributed by atoms with Gasteiger partial charge in [0.15, 0.2) is 0 Å². The summed E-state index contributed by atoms with van der Waals surface area (Å²) in [6.45, 7) is 1.99. The van der Waals surface area contributed by atoms with Crippen molar-refractivity contribution in [2.45, 2.75) is 19.8 Å². The van der Waals surface area contributed by atoms with Crippen LogP contribution in [0.5, 0.6) is 0 Å². The smallest absolute Gasteiger partial charge is 0.224 e. The van der Waals surface area contributed by atoms with Crippen molar-refractivity contribution in [3.8, 4) is 0 Å². The molecule has 1 aromatic heterocycles. The molecule has 0 saturated carbocycles. The number of carbonyl (C=O) groups is 1. The van der Waals surface area contributed by atoms with Crippen LogP contribution in [0.15, 0.2) is 48.5 Å². The van der Waals surface area contributed by atoms with Gasteiger partial charge in [-0.1, -0.05) is 30.3 Å². The molecule has 0 radical (unpaired) electrons. The molecular weight excluding hydrogens is 280 g/mol. The second kappa shape index (κ2) is 6.06. The molecule has 0 aliphatic carbocycles. The first-order valence-corrected chi connectivity index (χ1v) is 7.73. The fourth-order valence-corrected chi connectivity index (χ4v) is 3.05. The highest BCUT2D eigenvalue weighted by Gasteiger charge is 2.06. The van der Waals surface area contributed by atoms with Crippen LogP contribution in [0.4, 0.5) is 5.69 Å². The number of amides is 1. The van der Waals surface area contributed by atoms with Crippen LogP contribution in [-0.2, 0) is 11.2 Å². The maximum atomic E-state index is 12.0. The maximum Gasteiger partial charge on any atom is 0.224 e. The highest BCUT2D eigenvalue weighted by atomic mass is 32.1. The van der Waals surface area contributed by atoms with Crippen LogP contribution in [0.2, 0.25) is 0 Å². The molecule has 0 saturated heterocycles. The van der Waals surface area contributed by atoms with Gasteiger partial charge in [0, 0.05) is 12.1 Å². The molecule has 106 valence electrons. The molecule has 1 heterocycles. The van der Waals surface area contributed by atoms with E-state index >= 15 is 0 Å². The number of hydrogen-bond donors (Lipinski definition) is 1. The van der Waals surface area contributed by atoms with Crippen LogP contribution in [-0.4, -0.2) is 10.9 Å². The van der Waals surface area contributed by atoms with Crippen LogP contribution < -0.4 is 5.32 Å². The number of hydrogen-bond acceptors (Lipinski definition) is 3. The van der Waals surface area contributed by atoms with Crippen LogP contribution in [0.3, 0.4) is 0 Å². The fourth-order valence-electron chi connectivity index (χ4n) is 2.25. The number of aryl methyl sites for hydroxylation is 2. The normalized spacial score (nSPS) is 10.7. The topological polar surface area (TPSA) is 42.0 Å². The van der Waals surface area contributed by atoms with Crippen molar-refractivity contribution in [3.05, 3.63) is 59.1 Å². The van der Waals surface area contributed by atoms with Gasteiger partial charge in [-0.05, 0) is 37.1 Å². The Balaban J connectivity index is 1.63.